The molecule has 0 saturated heterocycles. The third-order valence-electron chi connectivity index (χ3n) is 10.9. The molecule has 0 bridgehead atoms. The van der Waals surface area contributed by atoms with E-state index in [1.807, 2.05) is 0 Å². The van der Waals surface area contributed by atoms with Crippen LogP contribution in [0.25, 0.3) is 82.3 Å². The second-order valence-corrected chi connectivity index (χ2v) is 13.3. The molecule has 2 atom stereocenters. The molecule has 1 aliphatic rings. The van der Waals surface area contributed by atoms with E-state index in [1.54, 1.807) is 0 Å². The van der Waals surface area contributed by atoms with Crippen molar-refractivity contribution in [3.8, 4) is 22.5 Å². The van der Waals surface area contributed by atoms with Gasteiger partial charge in [-0.25, -0.2) is 9.97 Å². The second-order valence-electron chi connectivity index (χ2n) is 13.3. The lowest BCUT2D eigenvalue weighted by molar-refractivity contribution is 0.639. The molecule has 3 nitrogen and oxygen atoms in total. The third-order valence-corrected chi connectivity index (χ3v) is 10.9. The highest BCUT2D eigenvalue weighted by Gasteiger charge is 2.37. The number of aromatic nitrogens is 3. The maximum atomic E-state index is 5.55. The molecule has 0 aliphatic heterocycles. The van der Waals surface area contributed by atoms with E-state index >= 15 is 0 Å². The van der Waals surface area contributed by atoms with Crippen LogP contribution >= 0.6 is 0 Å². The monoisotopic (exact) mass is 611 g/mol. The highest BCUT2D eigenvalue weighted by molar-refractivity contribution is 6.28. The summed E-state index contributed by atoms with van der Waals surface area (Å²) >= 11 is 0. The van der Waals surface area contributed by atoms with E-state index < -0.39 is 0 Å². The summed E-state index contributed by atoms with van der Waals surface area (Å²) in [4.78, 5) is 10.7. The summed E-state index contributed by atoms with van der Waals surface area (Å²) < 4.78 is 2.49. The molecule has 0 radical (unpaired) electrons. The van der Waals surface area contributed by atoms with Crippen molar-refractivity contribution in [3.05, 3.63) is 162 Å². The van der Waals surface area contributed by atoms with Gasteiger partial charge in [0.1, 0.15) is 0 Å². The second kappa shape index (κ2) is 9.49. The minimum atomic E-state index is 0.0255. The number of rotatable bonds is 2. The first-order valence-electron chi connectivity index (χ1n) is 16.8. The van der Waals surface area contributed by atoms with Gasteiger partial charge in [-0.2, -0.15) is 0 Å². The molecule has 0 fully saturated rings. The van der Waals surface area contributed by atoms with Gasteiger partial charge in [-0.3, -0.25) is 0 Å². The lowest BCUT2D eigenvalue weighted by atomic mass is 9.69. The van der Waals surface area contributed by atoms with Crippen molar-refractivity contribution in [2.45, 2.75) is 18.8 Å². The van der Waals surface area contributed by atoms with Gasteiger partial charge in [-0.1, -0.05) is 122 Å². The van der Waals surface area contributed by atoms with Crippen molar-refractivity contribution < 1.29 is 0 Å². The number of para-hydroxylation sites is 3. The molecule has 0 amide bonds. The number of benzene rings is 7. The summed E-state index contributed by atoms with van der Waals surface area (Å²) in [6.45, 7) is 2.39. The molecular formula is C45H29N3. The van der Waals surface area contributed by atoms with Crippen LogP contribution < -0.4 is 0 Å². The van der Waals surface area contributed by atoms with E-state index in [0.717, 1.165) is 28.0 Å². The van der Waals surface area contributed by atoms with Crippen LogP contribution in [0.5, 0.6) is 0 Å². The van der Waals surface area contributed by atoms with E-state index in [9.17, 15) is 0 Å². The average Bonchev–Trinajstić information content (AvgIpc) is 3.66. The van der Waals surface area contributed by atoms with E-state index in [1.165, 1.54) is 71.1 Å². The molecule has 1 unspecified atom stereocenters. The van der Waals surface area contributed by atoms with Crippen LogP contribution in [0.3, 0.4) is 0 Å². The molecule has 3 heterocycles. The van der Waals surface area contributed by atoms with Crippen LogP contribution in [0.1, 0.15) is 35.6 Å². The standard InChI is InChI=1S/C45H29N3/c1-26-30-14-4-5-16-32(30)41-36(25-35-31-15-7-10-20-38(31)48-39-21-11-8-18-34(39)42(41)44(35)48)40(26)43-33-17-6-9-19-37(33)46-45(47-43)29-23-22-27-12-2-3-13-28(27)24-29/h2-26,40H,1H3/t26?,40-/m0/s1. The van der Waals surface area contributed by atoms with E-state index in [0.29, 0.717) is 0 Å². The van der Waals surface area contributed by atoms with Gasteiger partial charge in [0.15, 0.2) is 5.82 Å². The summed E-state index contributed by atoms with van der Waals surface area (Å²) in [6.07, 6.45) is 0. The fourth-order valence-electron chi connectivity index (χ4n) is 8.83. The fourth-order valence-corrected chi connectivity index (χ4v) is 8.83. The molecule has 3 heteroatoms. The topological polar surface area (TPSA) is 30.2 Å². The highest BCUT2D eigenvalue weighted by Crippen LogP contribution is 2.55. The summed E-state index contributed by atoms with van der Waals surface area (Å²) in [6, 6.07) is 53.0. The van der Waals surface area contributed by atoms with Gasteiger partial charge in [0.05, 0.1) is 27.8 Å². The lowest BCUT2D eigenvalue weighted by Crippen LogP contribution is -2.19. The summed E-state index contributed by atoms with van der Waals surface area (Å²) in [5, 5.41) is 8.76. The van der Waals surface area contributed by atoms with Gasteiger partial charge < -0.3 is 4.40 Å². The predicted octanol–water partition coefficient (Wildman–Crippen LogP) is 11.5. The molecule has 7 aromatic carbocycles. The van der Waals surface area contributed by atoms with E-state index in [4.69, 9.17) is 9.97 Å². The van der Waals surface area contributed by atoms with Crippen molar-refractivity contribution >= 4 is 59.8 Å². The molecule has 0 N–H and O–H groups in total. The molecule has 3 aromatic heterocycles. The van der Waals surface area contributed by atoms with Crippen molar-refractivity contribution in [1.29, 1.82) is 0 Å². The van der Waals surface area contributed by atoms with Gasteiger partial charge in [0, 0.05) is 38.4 Å². The Bertz CT molecular complexity index is 2930. The highest BCUT2D eigenvalue weighted by atomic mass is 14.9. The summed E-state index contributed by atoms with van der Waals surface area (Å²) in [5.41, 5.74) is 12.3. The summed E-state index contributed by atoms with van der Waals surface area (Å²) in [5.74, 6) is 0.998. The zero-order valence-corrected chi connectivity index (χ0v) is 26.4. The van der Waals surface area contributed by atoms with Crippen LogP contribution in [0.4, 0.5) is 0 Å². The average molecular weight is 612 g/mol. The van der Waals surface area contributed by atoms with Gasteiger partial charge in [-0.05, 0) is 69.3 Å². The zero-order chi connectivity index (χ0) is 31.5. The normalized spacial score (nSPS) is 16.0. The Balaban J connectivity index is 1.29. The van der Waals surface area contributed by atoms with Crippen molar-refractivity contribution in [3.63, 3.8) is 0 Å². The Hall–Kier alpha value is -6.06. The summed E-state index contributed by atoms with van der Waals surface area (Å²) in [7, 11) is 0. The Labute approximate surface area is 277 Å². The molecule has 10 aromatic rings. The van der Waals surface area contributed by atoms with Crippen molar-refractivity contribution in [1.82, 2.24) is 14.4 Å². The molecule has 1 aliphatic carbocycles. The molecule has 224 valence electrons. The van der Waals surface area contributed by atoms with Crippen molar-refractivity contribution in [2.75, 3.05) is 0 Å². The first kappa shape index (κ1) is 26.1. The van der Waals surface area contributed by atoms with Gasteiger partial charge in [-0.15, -0.1) is 0 Å². The minimum Gasteiger partial charge on any atom is -0.308 e. The maximum absolute atomic E-state index is 5.55. The largest absolute Gasteiger partial charge is 0.308 e. The Kier molecular flexibility index (Phi) is 5.15. The van der Waals surface area contributed by atoms with Crippen LogP contribution in [0, 0.1) is 0 Å². The van der Waals surface area contributed by atoms with Gasteiger partial charge in [0.25, 0.3) is 0 Å². The molecule has 0 saturated carbocycles. The fraction of sp³-hybridized carbons (Fsp3) is 0.0667. The first-order valence-corrected chi connectivity index (χ1v) is 16.8. The molecule has 11 rings (SSSR count). The van der Waals surface area contributed by atoms with Gasteiger partial charge in [0.2, 0.25) is 0 Å². The number of hydrogen-bond acceptors (Lipinski definition) is 2. The lowest BCUT2D eigenvalue weighted by Gasteiger charge is -2.34. The van der Waals surface area contributed by atoms with Gasteiger partial charge >= 0.3 is 0 Å². The molecular weight excluding hydrogens is 583 g/mol. The zero-order valence-electron chi connectivity index (χ0n) is 26.4. The van der Waals surface area contributed by atoms with Crippen molar-refractivity contribution in [2.24, 2.45) is 0 Å². The first-order chi connectivity index (χ1) is 23.7. The number of fused-ring (bicyclic) bond motifs is 12. The van der Waals surface area contributed by atoms with E-state index in [2.05, 4.69) is 157 Å². The SMILES string of the molecule is CC1c2ccccc2-c2c(cc3c4ccccc4n4c5ccccc5c2c34)[C@H]1c1nc(-c2ccc3ccccc3c2)nc2ccccc12. The molecule has 48 heavy (non-hydrogen) atoms. The van der Waals surface area contributed by atoms with Crippen LogP contribution in [-0.2, 0) is 0 Å². The number of hydrogen-bond donors (Lipinski definition) is 0. The molecule has 0 spiro atoms. The Morgan fingerprint density at radius 3 is 2.10 bits per heavy atom. The number of nitrogens with zero attached hydrogens (tertiary/aromatic N) is 3. The Morgan fingerprint density at radius 2 is 1.23 bits per heavy atom. The quantitative estimate of drug-likeness (QED) is 0.195. The van der Waals surface area contributed by atoms with Crippen LogP contribution in [0.15, 0.2) is 146 Å². The smallest absolute Gasteiger partial charge is 0.160 e. The maximum Gasteiger partial charge on any atom is 0.160 e. The minimum absolute atomic E-state index is 0.0255. The van der Waals surface area contributed by atoms with Crippen LogP contribution in [0.2, 0.25) is 0 Å². The van der Waals surface area contributed by atoms with E-state index in [-0.39, 0.29) is 11.8 Å². The Morgan fingerprint density at radius 1 is 0.542 bits per heavy atom. The third kappa shape index (κ3) is 3.38. The van der Waals surface area contributed by atoms with Crippen LogP contribution in [-0.4, -0.2) is 14.4 Å². The predicted molar refractivity (Wildman–Crippen MR) is 199 cm³/mol.